The lowest BCUT2D eigenvalue weighted by molar-refractivity contribution is 0.310. The van der Waals surface area contributed by atoms with Gasteiger partial charge in [0.1, 0.15) is 5.76 Å². The average molecular weight is 261 g/mol. The Morgan fingerprint density at radius 1 is 1.57 bits per heavy atom. The molecule has 2 unspecified atom stereocenters. The maximum atomic E-state index is 5.52. The number of nitrogens with one attached hydrogen (secondary N) is 1. The summed E-state index contributed by atoms with van der Waals surface area (Å²) in [5, 5.41) is 0. The molecule has 80 valence electrons. The first kappa shape index (κ1) is 11.8. The summed E-state index contributed by atoms with van der Waals surface area (Å²) in [5.41, 5.74) is 2.80. The van der Waals surface area contributed by atoms with Crippen LogP contribution in [0.25, 0.3) is 0 Å². The van der Waals surface area contributed by atoms with Gasteiger partial charge in [-0.3, -0.25) is 5.84 Å². The van der Waals surface area contributed by atoms with Crippen LogP contribution in [0.15, 0.2) is 21.2 Å². The van der Waals surface area contributed by atoms with Crippen LogP contribution in [0.5, 0.6) is 0 Å². The van der Waals surface area contributed by atoms with Crippen molar-refractivity contribution in [2.75, 3.05) is 0 Å². The van der Waals surface area contributed by atoms with Gasteiger partial charge in [0.05, 0.1) is 6.04 Å². The number of furan rings is 1. The summed E-state index contributed by atoms with van der Waals surface area (Å²) in [4.78, 5) is 0. The predicted molar refractivity (Wildman–Crippen MR) is 60.5 cm³/mol. The topological polar surface area (TPSA) is 51.2 Å². The molecule has 4 heteroatoms. The largest absolute Gasteiger partial charge is 0.453 e. The minimum absolute atomic E-state index is 0.0984. The Morgan fingerprint density at radius 3 is 2.71 bits per heavy atom. The molecule has 0 spiro atoms. The first-order valence-electron chi connectivity index (χ1n) is 4.90. The van der Waals surface area contributed by atoms with Crippen LogP contribution < -0.4 is 11.3 Å². The molecule has 1 aromatic rings. The first-order valence-corrected chi connectivity index (χ1v) is 5.69. The Morgan fingerprint density at radius 2 is 2.29 bits per heavy atom. The molecule has 2 atom stereocenters. The molecule has 1 aromatic heterocycles. The molecule has 0 amide bonds. The number of hydrazine groups is 1. The van der Waals surface area contributed by atoms with E-state index in [0.29, 0.717) is 5.92 Å². The van der Waals surface area contributed by atoms with Gasteiger partial charge >= 0.3 is 0 Å². The smallest absolute Gasteiger partial charge is 0.169 e. The second kappa shape index (κ2) is 5.53. The minimum atomic E-state index is 0.0984. The molecule has 0 aromatic carbocycles. The van der Waals surface area contributed by atoms with Crippen molar-refractivity contribution in [3.05, 3.63) is 22.6 Å². The molecule has 0 saturated carbocycles. The van der Waals surface area contributed by atoms with Crippen LogP contribution in [0.2, 0.25) is 0 Å². The van der Waals surface area contributed by atoms with Gasteiger partial charge in [-0.2, -0.15) is 0 Å². The normalized spacial score (nSPS) is 15.4. The molecule has 1 rings (SSSR count). The maximum Gasteiger partial charge on any atom is 0.169 e. The highest BCUT2D eigenvalue weighted by Crippen LogP contribution is 2.27. The van der Waals surface area contributed by atoms with E-state index >= 15 is 0 Å². The fourth-order valence-electron chi connectivity index (χ4n) is 1.64. The van der Waals surface area contributed by atoms with Crippen molar-refractivity contribution in [1.82, 2.24) is 5.43 Å². The van der Waals surface area contributed by atoms with Gasteiger partial charge in [-0.05, 0) is 40.4 Å². The molecule has 0 radical (unpaired) electrons. The van der Waals surface area contributed by atoms with Gasteiger partial charge in [0.15, 0.2) is 4.67 Å². The van der Waals surface area contributed by atoms with Gasteiger partial charge in [-0.1, -0.05) is 20.3 Å². The lowest BCUT2D eigenvalue weighted by Gasteiger charge is -2.20. The Labute approximate surface area is 93.1 Å². The predicted octanol–water partition coefficient (Wildman–Crippen LogP) is 2.98. The fraction of sp³-hybridized carbons (Fsp3) is 0.600. The minimum Gasteiger partial charge on any atom is -0.453 e. The van der Waals surface area contributed by atoms with Gasteiger partial charge in [0, 0.05) is 0 Å². The molecular weight excluding hydrogens is 244 g/mol. The van der Waals surface area contributed by atoms with Gasteiger partial charge in [-0.15, -0.1) is 0 Å². The quantitative estimate of drug-likeness (QED) is 0.632. The molecule has 0 saturated heterocycles. The molecule has 3 N–H and O–H groups in total. The highest BCUT2D eigenvalue weighted by Gasteiger charge is 2.20. The molecule has 0 aliphatic rings. The zero-order chi connectivity index (χ0) is 10.6. The van der Waals surface area contributed by atoms with E-state index in [9.17, 15) is 0 Å². The second-order valence-electron chi connectivity index (χ2n) is 3.55. The van der Waals surface area contributed by atoms with Crippen molar-refractivity contribution >= 4 is 15.9 Å². The molecule has 1 heterocycles. The Kier molecular flexibility index (Phi) is 4.65. The fourth-order valence-corrected chi connectivity index (χ4v) is 1.96. The SMILES string of the molecule is CCCC(C)C(NN)c1ccc(Br)o1. The van der Waals surface area contributed by atoms with Gasteiger partial charge in [-0.25, -0.2) is 5.43 Å². The number of halogens is 1. The summed E-state index contributed by atoms with van der Waals surface area (Å²) < 4.78 is 6.22. The highest BCUT2D eigenvalue weighted by atomic mass is 79.9. The van der Waals surface area contributed by atoms with Crippen molar-refractivity contribution in [3.63, 3.8) is 0 Å². The van der Waals surface area contributed by atoms with Crippen LogP contribution in [0, 0.1) is 5.92 Å². The van der Waals surface area contributed by atoms with Crippen LogP contribution in [-0.2, 0) is 0 Å². The van der Waals surface area contributed by atoms with E-state index in [4.69, 9.17) is 10.3 Å². The maximum absolute atomic E-state index is 5.52. The van der Waals surface area contributed by atoms with Crippen LogP contribution in [-0.4, -0.2) is 0 Å². The van der Waals surface area contributed by atoms with E-state index in [1.807, 2.05) is 12.1 Å². The average Bonchev–Trinajstić information content (AvgIpc) is 2.54. The number of nitrogens with two attached hydrogens (primary N) is 1. The second-order valence-corrected chi connectivity index (χ2v) is 4.33. The highest BCUT2D eigenvalue weighted by molar-refractivity contribution is 9.10. The molecule has 0 aliphatic carbocycles. The monoisotopic (exact) mass is 260 g/mol. The van der Waals surface area contributed by atoms with Crippen molar-refractivity contribution in [2.24, 2.45) is 11.8 Å². The van der Waals surface area contributed by atoms with E-state index in [2.05, 4.69) is 35.2 Å². The van der Waals surface area contributed by atoms with E-state index in [1.54, 1.807) is 0 Å². The van der Waals surface area contributed by atoms with E-state index in [0.717, 1.165) is 23.3 Å². The third-order valence-corrected chi connectivity index (χ3v) is 2.82. The lowest BCUT2D eigenvalue weighted by Crippen LogP contribution is -2.32. The number of hydrogen-bond donors (Lipinski definition) is 2. The van der Waals surface area contributed by atoms with Gasteiger partial charge in [0.25, 0.3) is 0 Å². The summed E-state index contributed by atoms with van der Waals surface area (Å²) in [5.74, 6) is 6.88. The molecular formula is C10H17BrN2O. The Balaban J connectivity index is 2.71. The van der Waals surface area contributed by atoms with Crippen LogP contribution in [0.3, 0.4) is 0 Å². The number of rotatable bonds is 5. The van der Waals surface area contributed by atoms with Crippen LogP contribution in [0.4, 0.5) is 0 Å². The van der Waals surface area contributed by atoms with Crippen LogP contribution in [0.1, 0.15) is 38.5 Å². The van der Waals surface area contributed by atoms with Crippen molar-refractivity contribution in [3.8, 4) is 0 Å². The van der Waals surface area contributed by atoms with Gasteiger partial charge in [0.2, 0.25) is 0 Å². The standard InChI is InChI=1S/C10H17BrN2O/c1-3-4-7(2)10(13-12)8-5-6-9(11)14-8/h5-7,10,13H,3-4,12H2,1-2H3. The zero-order valence-corrected chi connectivity index (χ0v) is 10.2. The summed E-state index contributed by atoms with van der Waals surface area (Å²) in [7, 11) is 0. The third-order valence-electron chi connectivity index (χ3n) is 2.39. The molecule has 14 heavy (non-hydrogen) atoms. The van der Waals surface area contributed by atoms with Crippen molar-refractivity contribution < 1.29 is 4.42 Å². The Hall–Kier alpha value is -0.320. The van der Waals surface area contributed by atoms with Crippen molar-refractivity contribution in [2.45, 2.75) is 32.7 Å². The Bertz CT molecular complexity index is 275. The van der Waals surface area contributed by atoms with E-state index in [-0.39, 0.29) is 6.04 Å². The summed E-state index contributed by atoms with van der Waals surface area (Å²) in [6.07, 6.45) is 2.29. The molecule has 0 bridgehead atoms. The van der Waals surface area contributed by atoms with Gasteiger partial charge < -0.3 is 4.42 Å². The zero-order valence-electron chi connectivity index (χ0n) is 8.59. The van der Waals surface area contributed by atoms with Crippen molar-refractivity contribution in [1.29, 1.82) is 0 Å². The van der Waals surface area contributed by atoms with E-state index < -0.39 is 0 Å². The summed E-state index contributed by atoms with van der Waals surface area (Å²) in [6.45, 7) is 4.34. The summed E-state index contributed by atoms with van der Waals surface area (Å²) >= 11 is 3.28. The molecule has 3 nitrogen and oxygen atoms in total. The van der Waals surface area contributed by atoms with Crippen LogP contribution >= 0.6 is 15.9 Å². The molecule has 0 fully saturated rings. The third kappa shape index (κ3) is 2.83. The summed E-state index contributed by atoms with van der Waals surface area (Å²) in [6, 6.07) is 3.93. The van der Waals surface area contributed by atoms with E-state index in [1.165, 1.54) is 0 Å². The number of hydrogen-bond acceptors (Lipinski definition) is 3. The lowest BCUT2D eigenvalue weighted by atomic mass is 9.96. The first-order chi connectivity index (χ1) is 6.69. The molecule has 0 aliphatic heterocycles.